The minimum atomic E-state index is -3.58. The highest BCUT2D eigenvalue weighted by Crippen LogP contribution is 2.30. The Labute approximate surface area is 118 Å². The Kier molecular flexibility index (Phi) is 4.35. The van der Waals surface area contributed by atoms with Crippen LogP contribution in [0.5, 0.6) is 5.75 Å². The molecule has 1 heterocycles. The maximum absolute atomic E-state index is 12.6. The topological polar surface area (TPSA) is 72.6 Å². The van der Waals surface area contributed by atoms with Crippen LogP contribution in [0.3, 0.4) is 0 Å². The predicted octanol–water partition coefficient (Wildman–Crippen LogP) is 1.46. The number of halogens is 1. The van der Waals surface area contributed by atoms with Crippen molar-refractivity contribution >= 4 is 21.6 Å². The zero-order chi connectivity index (χ0) is 14.0. The fourth-order valence-corrected chi connectivity index (χ4v) is 4.00. The number of piperidine rings is 1. The van der Waals surface area contributed by atoms with Crippen molar-refractivity contribution in [2.24, 2.45) is 5.73 Å². The van der Waals surface area contributed by atoms with E-state index in [0.717, 1.165) is 0 Å². The van der Waals surface area contributed by atoms with Crippen molar-refractivity contribution in [3.8, 4) is 5.75 Å². The number of rotatable bonds is 3. The Morgan fingerprint density at radius 3 is 2.58 bits per heavy atom. The number of hydrogen-bond acceptors (Lipinski definition) is 4. The summed E-state index contributed by atoms with van der Waals surface area (Å²) in [5.41, 5.74) is 5.79. The van der Waals surface area contributed by atoms with Gasteiger partial charge in [-0.2, -0.15) is 4.31 Å². The quantitative estimate of drug-likeness (QED) is 0.917. The van der Waals surface area contributed by atoms with Crippen molar-refractivity contribution in [2.45, 2.75) is 23.8 Å². The molecule has 0 aromatic heterocycles. The largest absolute Gasteiger partial charge is 0.495 e. The Bertz CT molecular complexity index is 554. The molecule has 2 rings (SSSR count). The third kappa shape index (κ3) is 3.02. The van der Waals surface area contributed by atoms with E-state index in [9.17, 15) is 8.42 Å². The van der Waals surface area contributed by atoms with E-state index in [4.69, 9.17) is 22.1 Å². The second-order valence-electron chi connectivity index (χ2n) is 4.54. The van der Waals surface area contributed by atoms with E-state index in [1.807, 2.05) is 0 Å². The first-order valence-electron chi connectivity index (χ1n) is 6.04. The van der Waals surface area contributed by atoms with Crippen LogP contribution in [0.15, 0.2) is 23.1 Å². The van der Waals surface area contributed by atoms with E-state index < -0.39 is 10.0 Å². The monoisotopic (exact) mass is 304 g/mol. The fraction of sp³-hybridized carbons (Fsp3) is 0.500. The number of nitrogens with zero attached hydrogens (tertiary/aromatic N) is 1. The maximum atomic E-state index is 12.6. The summed E-state index contributed by atoms with van der Waals surface area (Å²) >= 11 is 5.88. The van der Waals surface area contributed by atoms with E-state index in [1.165, 1.54) is 17.5 Å². The highest BCUT2D eigenvalue weighted by atomic mass is 35.5. The summed E-state index contributed by atoms with van der Waals surface area (Å²) in [6, 6.07) is 4.66. The maximum Gasteiger partial charge on any atom is 0.246 e. The molecule has 0 amide bonds. The fourth-order valence-electron chi connectivity index (χ4n) is 2.11. The highest BCUT2D eigenvalue weighted by Gasteiger charge is 2.30. The number of ether oxygens (including phenoxy) is 1. The van der Waals surface area contributed by atoms with Gasteiger partial charge in [0, 0.05) is 24.2 Å². The van der Waals surface area contributed by atoms with Crippen LogP contribution in [-0.2, 0) is 10.0 Å². The standard InChI is InChI=1S/C12H17ClN2O3S/c1-18-11-3-2-9(13)8-12(11)19(16,17)15-6-4-10(14)5-7-15/h2-3,8,10H,4-7,14H2,1H3. The Morgan fingerprint density at radius 2 is 2.00 bits per heavy atom. The number of methoxy groups -OCH3 is 1. The van der Waals surface area contributed by atoms with Crippen LogP contribution in [-0.4, -0.2) is 39.0 Å². The summed E-state index contributed by atoms with van der Waals surface area (Å²) in [4.78, 5) is 0.109. The average molecular weight is 305 g/mol. The van der Waals surface area contributed by atoms with Crippen LogP contribution in [0.4, 0.5) is 0 Å². The Morgan fingerprint density at radius 1 is 1.37 bits per heavy atom. The van der Waals surface area contributed by atoms with Crippen molar-refractivity contribution in [2.75, 3.05) is 20.2 Å². The average Bonchev–Trinajstić information content (AvgIpc) is 2.39. The Hall–Kier alpha value is -0.820. The number of benzene rings is 1. The van der Waals surface area contributed by atoms with Crippen molar-refractivity contribution < 1.29 is 13.2 Å². The molecule has 1 aliphatic rings. The van der Waals surface area contributed by atoms with Gasteiger partial charge in [0.1, 0.15) is 10.6 Å². The van der Waals surface area contributed by atoms with Crippen LogP contribution in [0.1, 0.15) is 12.8 Å². The van der Waals surface area contributed by atoms with Crippen molar-refractivity contribution in [3.63, 3.8) is 0 Å². The summed E-state index contributed by atoms with van der Waals surface area (Å²) < 4.78 is 31.7. The van der Waals surface area contributed by atoms with Gasteiger partial charge >= 0.3 is 0 Å². The number of sulfonamides is 1. The van der Waals surface area contributed by atoms with Gasteiger partial charge < -0.3 is 10.5 Å². The van der Waals surface area contributed by atoms with Crippen molar-refractivity contribution in [3.05, 3.63) is 23.2 Å². The molecule has 2 N–H and O–H groups in total. The molecule has 0 radical (unpaired) electrons. The van der Waals surface area contributed by atoms with Crippen LogP contribution in [0, 0.1) is 0 Å². The molecule has 0 aliphatic carbocycles. The first-order valence-corrected chi connectivity index (χ1v) is 7.86. The van der Waals surface area contributed by atoms with Gasteiger partial charge in [-0.1, -0.05) is 11.6 Å². The molecule has 1 aromatic rings. The summed E-state index contributed by atoms with van der Waals surface area (Å²) in [6.07, 6.45) is 1.34. The molecule has 19 heavy (non-hydrogen) atoms. The summed E-state index contributed by atoms with van der Waals surface area (Å²) in [5, 5.41) is 0.369. The molecular weight excluding hydrogens is 288 g/mol. The lowest BCUT2D eigenvalue weighted by Crippen LogP contribution is -2.42. The summed E-state index contributed by atoms with van der Waals surface area (Å²) in [7, 11) is -2.14. The predicted molar refractivity (Wildman–Crippen MR) is 74.0 cm³/mol. The minimum absolute atomic E-state index is 0.0766. The van der Waals surface area contributed by atoms with E-state index in [-0.39, 0.29) is 10.9 Å². The molecular formula is C12H17ClN2O3S. The highest BCUT2D eigenvalue weighted by molar-refractivity contribution is 7.89. The molecule has 5 nitrogen and oxygen atoms in total. The molecule has 106 valence electrons. The summed E-state index contributed by atoms with van der Waals surface area (Å²) in [6.45, 7) is 0.859. The molecule has 7 heteroatoms. The van der Waals surface area contributed by atoms with Gasteiger partial charge in [-0.3, -0.25) is 0 Å². The third-order valence-corrected chi connectivity index (χ3v) is 5.40. The van der Waals surface area contributed by atoms with Gasteiger partial charge in [0.2, 0.25) is 10.0 Å². The Balaban J connectivity index is 2.36. The van der Waals surface area contributed by atoms with Gasteiger partial charge in [0.25, 0.3) is 0 Å². The minimum Gasteiger partial charge on any atom is -0.495 e. The smallest absolute Gasteiger partial charge is 0.246 e. The van der Waals surface area contributed by atoms with Gasteiger partial charge in [-0.25, -0.2) is 8.42 Å². The molecule has 0 saturated carbocycles. The van der Waals surface area contributed by atoms with E-state index >= 15 is 0 Å². The zero-order valence-corrected chi connectivity index (χ0v) is 12.2. The molecule has 1 saturated heterocycles. The summed E-state index contributed by atoms with van der Waals surface area (Å²) in [5.74, 6) is 0.305. The third-order valence-electron chi connectivity index (χ3n) is 3.24. The molecule has 1 fully saturated rings. The normalized spacial score (nSPS) is 18.5. The van der Waals surface area contributed by atoms with Crippen molar-refractivity contribution in [1.29, 1.82) is 0 Å². The van der Waals surface area contributed by atoms with Crippen LogP contribution in [0.2, 0.25) is 5.02 Å². The lowest BCUT2D eigenvalue weighted by atomic mass is 10.1. The van der Waals surface area contributed by atoms with Crippen LogP contribution < -0.4 is 10.5 Å². The molecule has 1 aromatic carbocycles. The van der Waals surface area contributed by atoms with E-state index in [0.29, 0.717) is 36.7 Å². The number of nitrogens with two attached hydrogens (primary N) is 1. The van der Waals surface area contributed by atoms with Gasteiger partial charge in [0.05, 0.1) is 7.11 Å². The first-order chi connectivity index (χ1) is 8.95. The number of hydrogen-bond donors (Lipinski definition) is 1. The molecule has 0 unspecified atom stereocenters. The molecule has 0 atom stereocenters. The van der Waals surface area contributed by atoms with E-state index in [2.05, 4.69) is 0 Å². The van der Waals surface area contributed by atoms with Crippen LogP contribution >= 0.6 is 11.6 Å². The lowest BCUT2D eigenvalue weighted by Gasteiger charge is -2.29. The molecule has 1 aliphatic heterocycles. The van der Waals surface area contributed by atoms with Gasteiger partial charge in [-0.15, -0.1) is 0 Å². The molecule has 0 spiro atoms. The van der Waals surface area contributed by atoms with E-state index in [1.54, 1.807) is 12.1 Å². The SMILES string of the molecule is COc1ccc(Cl)cc1S(=O)(=O)N1CCC(N)CC1. The zero-order valence-electron chi connectivity index (χ0n) is 10.7. The second-order valence-corrected chi connectivity index (χ2v) is 6.88. The van der Waals surface area contributed by atoms with Gasteiger partial charge in [0.15, 0.2) is 0 Å². The second kappa shape index (κ2) is 5.66. The first kappa shape index (κ1) is 14.6. The lowest BCUT2D eigenvalue weighted by molar-refractivity contribution is 0.318. The van der Waals surface area contributed by atoms with Crippen LogP contribution in [0.25, 0.3) is 0 Å². The van der Waals surface area contributed by atoms with Crippen molar-refractivity contribution in [1.82, 2.24) is 4.31 Å². The van der Waals surface area contributed by atoms with Gasteiger partial charge in [-0.05, 0) is 31.0 Å². The molecule has 0 bridgehead atoms.